The number of sulfone groups is 1. The predicted molar refractivity (Wildman–Crippen MR) is 91.2 cm³/mol. The van der Waals surface area contributed by atoms with Crippen LogP contribution in [0.15, 0.2) is 43.7 Å². The summed E-state index contributed by atoms with van der Waals surface area (Å²) in [6, 6.07) is 6.36. The summed E-state index contributed by atoms with van der Waals surface area (Å²) in [5.41, 5.74) is 0.944. The maximum Gasteiger partial charge on any atom is 0.226 e. The molecule has 0 amide bonds. The fourth-order valence-corrected chi connectivity index (χ4v) is 4.21. The molecule has 0 unspecified atom stereocenters. The van der Waals surface area contributed by atoms with E-state index in [0.717, 1.165) is 31.5 Å². The fraction of sp³-hybridized carbons (Fsp3) is 0.357. The van der Waals surface area contributed by atoms with E-state index in [9.17, 15) is 8.42 Å². The number of rotatable bonds is 3. The third-order valence-corrected chi connectivity index (χ3v) is 5.91. The summed E-state index contributed by atoms with van der Waals surface area (Å²) in [6.07, 6.45) is 1.98. The zero-order valence-electron chi connectivity index (χ0n) is 11.9. The number of aliphatic imine (C=N–C) groups is 1. The lowest BCUT2D eigenvalue weighted by Gasteiger charge is -2.15. The fourth-order valence-electron chi connectivity index (χ4n) is 2.09. The Bertz CT molecular complexity index is 702. The number of benzene rings is 1. The molecule has 120 valence electrons. The van der Waals surface area contributed by atoms with E-state index in [-0.39, 0.29) is 10.2 Å². The number of halogens is 3. The molecule has 1 aliphatic heterocycles. The minimum Gasteiger partial charge on any atom is -0.347 e. The van der Waals surface area contributed by atoms with Crippen LogP contribution in [0.3, 0.4) is 0 Å². The van der Waals surface area contributed by atoms with E-state index >= 15 is 0 Å². The first kappa shape index (κ1) is 17.6. The SMILES string of the molecule is Cc1ccc(S(=O)(=O)C(/N=C(\Cl)N2CCCC2)=C(Cl)Cl)cc1. The lowest BCUT2D eigenvalue weighted by Crippen LogP contribution is -2.24. The van der Waals surface area contributed by atoms with Gasteiger partial charge in [-0.15, -0.1) is 0 Å². The second kappa shape index (κ2) is 7.21. The quantitative estimate of drug-likeness (QED) is 0.450. The van der Waals surface area contributed by atoms with E-state index in [0.29, 0.717) is 0 Å². The standard InChI is InChI=1S/C14H15Cl3N2O2S/c1-10-4-6-11(7-5-10)22(20,21)13(12(15)16)18-14(17)19-8-2-3-9-19/h4-7H,2-3,8-9H2,1H3/b18-14+. The first-order valence-corrected chi connectivity index (χ1v) is 9.30. The predicted octanol–water partition coefficient (Wildman–Crippen LogP) is 4.06. The molecule has 0 N–H and O–H groups in total. The lowest BCUT2D eigenvalue weighted by atomic mass is 10.2. The van der Waals surface area contributed by atoms with Crippen LogP contribution in [0.25, 0.3) is 0 Å². The molecular weight excluding hydrogens is 367 g/mol. The lowest BCUT2D eigenvalue weighted by molar-refractivity contribution is 0.528. The number of amidine groups is 1. The molecule has 1 heterocycles. The zero-order valence-corrected chi connectivity index (χ0v) is 15.0. The Balaban J connectivity index is 2.42. The van der Waals surface area contributed by atoms with Gasteiger partial charge in [0.1, 0.15) is 4.49 Å². The summed E-state index contributed by atoms with van der Waals surface area (Å²) in [5, 5.41) is -0.349. The summed E-state index contributed by atoms with van der Waals surface area (Å²) in [5.74, 6) is 0. The highest BCUT2D eigenvalue weighted by molar-refractivity contribution is 7.95. The van der Waals surface area contributed by atoms with Gasteiger partial charge in [-0.25, -0.2) is 13.4 Å². The molecule has 4 nitrogen and oxygen atoms in total. The third kappa shape index (κ3) is 3.96. The third-order valence-electron chi connectivity index (χ3n) is 3.31. The number of hydrogen-bond acceptors (Lipinski definition) is 3. The Morgan fingerprint density at radius 2 is 1.64 bits per heavy atom. The monoisotopic (exact) mass is 380 g/mol. The molecule has 0 saturated carbocycles. The molecule has 2 rings (SSSR count). The second-order valence-electron chi connectivity index (χ2n) is 4.96. The van der Waals surface area contributed by atoms with E-state index in [1.165, 1.54) is 12.1 Å². The minimum atomic E-state index is -3.92. The number of likely N-dealkylation sites (tertiary alicyclic amines) is 1. The zero-order chi connectivity index (χ0) is 16.3. The normalized spacial score (nSPS) is 16.0. The van der Waals surface area contributed by atoms with Crippen LogP contribution in [0.5, 0.6) is 0 Å². The number of nitrogens with zero attached hydrogens (tertiary/aromatic N) is 2. The molecule has 1 aromatic rings. The molecular formula is C14H15Cl3N2O2S. The first-order chi connectivity index (χ1) is 10.3. The molecule has 1 saturated heterocycles. The molecule has 1 aromatic carbocycles. The molecule has 0 bridgehead atoms. The second-order valence-corrected chi connectivity index (χ2v) is 8.11. The highest BCUT2D eigenvalue weighted by atomic mass is 35.5. The van der Waals surface area contributed by atoms with Crippen molar-refractivity contribution in [3.63, 3.8) is 0 Å². The summed E-state index contributed by atoms with van der Waals surface area (Å²) >= 11 is 17.6. The maximum absolute atomic E-state index is 12.6. The molecule has 1 aliphatic rings. The van der Waals surface area contributed by atoms with Crippen molar-refractivity contribution >= 4 is 49.9 Å². The highest BCUT2D eigenvalue weighted by Crippen LogP contribution is 2.28. The van der Waals surface area contributed by atoms with Crippen LogP contribution in [-0.2, 0) is 9.84 Å². The van der Waals surface area contributed by atoms with Gasteiger partial charge in [-0.3, -0.25) is 0 Å². The first-order valence-electron chi connectivity index (χ1n) is 6.68. The Morgan fingerprint density at radius 1 is 1.09 bits per heavy atom. The minimum absolute atomic E-state index is 0.0709. The van der Waals surface area contributed by atoms with E-state index in [1.807, 2.05) is 6.92 Å². The smallest absolute Gasteiger partial charge is 0.226 e. The van der Waals surface area contributed by atoms with Crippen LogP contribution < -0.4 is 0 Å². The van der Waals surface area contributed by atoms with Crippen molar-refractivity contribution in [3.8, 4) is 0 Å². The summed E-state index contributed by atoms with van der Waals surface area (Å²) < 4.78 is 24.8. The highest BCUT2D eigenvalue weighted by Gasteiger charge is 2.25. The van der Waals surface area contributed by atoms with Gasteiger partial charge in [-0.05, 0) is 43.5 Å². The van der Waals surface area contributed by atoms with Gasteiger partial charge in [0.25, 0.3) is 0 Å². The van der Waals surface area contributed by atoms with E-state index < -0.39 is 19.4 Å². The van der Waals surface area contributed by atoms with Crippen molar-refractivity contribution in [2.45, 2.75) is 24.7 Å². The van der Waals surface area contributed by atoms with Gasteiger partial charge >= 0.3 is 0 Å². The molecule has 0 atom stereocenters. The summed E-state index contributed by atoms with van der Waals surface area (Å²) in [7, 11) is -3.92. The molecule has 0 radical (unpaired) electrons. The van der Waals surface area contributed by atoms with E-state index in [1.54, 1.807) is 17.0 Å². The van der Waals surface area contributed by atoms with Crippen LogP contribution in [0, 0.1) is 6.92 Å². The van der Waals surface area contributed by atoms with Gasteiger partial charge < -0.3 is 4.90 Å². The van der Waals surface area contributed by atoms with Crippen LogP contribution >= 0.6 is 34.8 Å². The molecule has 1 fully saturated rings. The Morgan fingerprint density at radius 3 is 2.14 bits per heavy atom. The molecule has 0 aliphatic carbocycles. The Kier molecular flexibility index (Phi) is 5.77. The van der Waals surface area contributed by atoms with Crippen LogP contribution in [0.1, 0.15) is 18.4 Å². The summed E-state index contributed by atoms with van der Waals surface area (Å²) in [6.45, 7) is 3.34. The van der Waals surface area contributed by atoms with E-state index in [2.05, 4.69) is 4.99 Å². The summed E-state index contributed by atoms with van der Waals surface area (Å²) in [4.78, 5) is 5.83. The molecule has 0 aromatic heterocycles. The van der Waals surface area contributed by atoms with Gasteiger partial charge in [0.15, 0.2) is 10.3 Å². The number of aryl methyl sites for hydroxylation is 1. The maximum atomic E-state index is 12.6. The topological polar surface area (TPSA) is 49.7 Å². The average Bonchev–Trinajstić information content (AvgIpc) is 2.98. The van der Waals surface area contributed by atoms with Crippen molar-refractivity contribution in [3.05, 3.63) is 39.3 Å². The van der Waals surface area contributed by atoms with Crippen molar-refractivity contribution in [1.82, 2.24) is 4.90 Å². The van der Waals surface area contributed by atoms with Gasteiger partial charge in [0, 0.05) is 13.1 Å². The number of hydrogen-bond donors (Lipinski definition) is 0. The van der Waals surface area contributed by atoms with Gasteiger partial charge in [0.2, 0.25) is 9.84 Å². The largest absolute Gasteiger partial charge is 0.347 e. The van der Waals surface area contributed by atoms with Crippen molar-refractivity contribution in [1.29, 1.82) is 0 Å². The Hall–Kier alpha value is -0.750. The van der Waals surface area contributed by atoms with Gasteiger partial charge in [-0.2, -0.15) is 0 Å². The Labute approximate surface area is 145 Å². The van der Waals surface area contributed by atoms with Crippen molar-refractivity contribution < 1.29 is 8.42 Å². The average molecular weight is 382 g/mol. The molecule has 8 heteroatoms. The van der Waals surface area contributed by atoms with Gasteiger partial charge in [-0.1, -0.05) is 40.9 Å². The van der Waals surface area contributed by atoms with Gasteiger partial charge in [0.05, 0.1) is 4.90 Å². The van der Waals surface area contributed by atoms with Crippen LogP contribution in [-0.4, -0.2) is 31.7 Å². The van der Waals surface area contributed by atoms with Crippen LogP contribution in [0.4, 0.5) is 0 Å². The van der Waals surface area contributed by atoms with Crippen LogP contribution in [0.2, 0.25) is 0 Å². The van der Waals surface area contributed by atoms with E-state index in [4.69, 9.17) is 34.8 Å². The van der Waals surface area contributed by atoms with Crippen molar-refractivity contribution in [2.24, 2.45) is 4.99 Å². The molecule has 22 heavy (non-hydrogen) atoms. The van der Waals surface area contributed by atoms with Crippen molar-refractivity contribution in [2.75, 3.05) is 13.1 Å². The molecule has 0 spiro atoms.